The third-order valence-corrected chi connectivity index (χ3v) is 4.25. The average Bonchev–Trinajstić information content (AvgIpc) is 3.18. The van der Waals surface area contributed by atoms with Crippen LogP contribution in [0.2, 0.25) is 0 Å². The Labute approximate surface area is 174 Å². The molecule has 0 aliphatic rings. The largest absolute Gasteiger partial charge is 0.454 e. The van der Waals surface area contributed by atoms with Gasteiger partial charge in [-0.3, -0.25) is 4.79 Å². The molecule has 0 atom stereocenters. The molecule has 0 saturated heterocycles. The van der Waals surface area contributed by atoms with Gasteiger partial charge in [-0.1, -0.05) is 30.3 Å². The van der Waals surface area contributed by atoms with Crippen LogP contribution in [0.5, 0.6) is 0 Å². The first kappa shape index (κ1) is 21.1. The molecule has 0 spiro atoms. The number of nitrogens with zero attached hydrogens (tertiary/aromatic N) is 1. The molecule has 0 bridgehead atoms. The van der Waals surface area contributed by atoms with E-state index in [-0.39, 0.29) is 36.1 Å². The van der Waals surface area contributed by atoms with Crippen LogP contribution < -0.4 is 10.6 Å². The van der Waals surface area contributed by atoms with Crippen molar-refractivity contribution in [1.82, 2.24) is 10.2 Å². The second-order valence-electron chi connectivity index (χ2n) is 7.17. The lowest BCUT2D eigenvalue weighted by molar-refractivity contribution is 0.0912. The number of carbonyl (C=O) groups excluding carboxylic acids is 2. The monoisotopic (exact) mass is 409 g/mol. The Morgan fingerprint density at radius 3 is 2.33 bits per heavy atom. The van der Waals surface area contributed by atoms with Crippen molar-refractivity contribution in [1.29, 1.82) is 0 Å². The van der Waals surface area contributed by atoms with E-state index >= 15 is 0 Å². The van der Waals surface area contributed by atoms with E-state index in [1.54, 1.807) is 17.0 Å². The minimum atomic E-state index is -0.378. The van der Waals surface area contributed by atoms with Crippen LogP contribution in [0.25, 0.3) is 0 Å². The average molecular weight is 409 g/mol. The molecular formula is C23H24FN3O3. The van der Waals surface area contributed by atoms with Crippen molar-refractivity contribution in [2.45, 2.75) is 33.0 Å². The van der Waals surface area contributed by atoms with Crippen LogP contribution in [-0.4, -0.2) is 22.9 Å². The van der Waals surface area contributed by atoms with E-state index in [0.717, 1.165) is 5.56 Å². The summed E-state index contributed by atoms with van der Waals surface area (Å²) < 4.78 is 18.8. The molecule has 0 fully saturated rings. The molecule has 3 rings (SSSR count). The fourth-order valence-corrected chi connectivity index (χ4v) is 2.85. The number of carbonyl (C=O) groups is 2. The Morgan fingerprint density at radius 1 is 0.967 bits per heavy atom. The van der Waals surface area contributed by atoms with Crippen LogP contribution in [0.1, 0.15) is 35.7 Å². The van der Waals surface area contributed by atoms with E-state index in [2.05, 4.69) is 10.6 Å². The van der Waals surface area contributed by atoms with Crippen molar-refractivity contribution in [3.63, 3.8) is 0 Å². The number of halogens is 1. The lowest BCUT2D eigenvalue weighted by Gasteiger charge is -2.22. The highest BCUT2D eigenvalue weighted by molar-refractivity contribution is 5.91. The van der Waals surface area contributed by atoms with E-state index in [1.165, 1.54) is 24.3 Å². The van der Waals surface area contributed by atoms with E-state index < -0.39 is 0 Å². The molecule has 2 N–H and O–H groups in total. The maximum atomic E-state index is 13.1. The Hall–Kier alpha value is -3.61. The maximum Gasteiger partial charge on any atom is 0.322 e. The summed E-state index contributed by atoms with van der Waals surface area (Å²) in [5.41, 5.74) is 1.42. The Morgan fingerprint density at radius 2 is 1.67 bits per heavy atom. The van der Waals surface area contributed by atoms with E-state index in [0.29, 0.717) is 18.0 Å². The summed E-state index contributed by atoms with van der Waals surface area (Å²) >= 11 is 0. The zero-order chi connectivity index (χ0) is 21.5. The Kier molecular flexibility index (Phi) is 6.85. The summed E-state index contributed by atoms with van der Waals surface area (Å²) in [5, 5.41) is 5.53. The highest BCUT2D eigenvalue weighted by Gasteiger charge is 2.19. The van der Waals surface area contributed by atoms with Crippen molar-refractivity contribution in [3.05, 3.63) is 89.6 Å². The first-order chi connectivity index (χ1) is 14.4. The number of nitrogens with one attached hydrogen (secondary N) is 2. The predicted octanol–water partition coefficient (Wildman–Crippen LogP) is 4.79. The van der Waals surface area contributed by atoms with E-state index in [1.807, 2.05) is 44.2 Å². The zero-order valence-electron chi connectivity index (χ0n) is 16.9. The first-order valence-corrected chi connectivity index (χ1v) is 9.65. The van der Waals surface area contributed by atoms with Gasteiger partial charge in [0, 0.05) is 18.3 Å². The molecule has 0 aliphatic carbocycles. The third kappa shape index (κ3) is 5.94. The van der Waals surface area contributed by atoms with Crippen LogP contribution in [0.15, 0.2) is 71.1 Å². The number of furan rings is 1. The molecule has 3 aromatic rings. The summed E-state index contributed by atoms with van der Waals surface area (Å²) in [4.78, 5) is 26.6. The molecule has 3 amide bonds. The summed E-state index contributed by atoms with van der Waals surface area (Å²) in [5.74, 6) is -0.00931. The lowest BCUT2D eigenvalue weighted by Crippen LogP contribution is -2.34. The van der Waals surface area contributed by atoms with Crippen LogP contribution >= 0.6 is 0 Å². The number of rotatable bonds is 7. The number of anilines is 1. The molecule has 0 aliphatic heterocycles. The number of urea groups is 1. The normalized spacial score (nSPS) is 10.7. The zero-order valence-corrected chi connectivity index (χ0v) is 16.9. The van der Waals surface area contributed by atoms with Gasteiger partial charge in [-0.15, -0.1) is 0 Å². The summed E-state index contributed by atoms with van der Waals surface area (Å²) in [7, 11) is 0. The number of hydrogen-bond donors (Lipinski definition) is 2. The van der Waals surface area contributed by atoms with Gasteiger partial charge in [0.2, 0.25) is 0 Å². The van der Waals surface area contributed by atoms with Crippen molar-refractivity contribution in [2.24, 2.45) is 0 Å². The van der Waals surface area contributed by atoms with Gasteiger partial charge in [0.15, 0.2) is 5.76 Å². The van der Waals surface area contributed by atoms with Gasteiger partial charge >= 0.3 is 6.03 Å². The van der Waals surface area contributed by atoms with Crippen molar-refractivity contribution < 1.29 is 18.4 Å². The van der Waals surface area contributed by atoms with Crippen LogP contribution in [-0.2, 0) is 13.1 Å². The van der Waals surface area contributed by atoms with Gasteiger partial charge in [-0.2, -0.15) is 0 Å². The Balaban J connectivity index is 1.75. The van der Waals surface area contributed by atoms with Crippen LogP contribution in [0.3, 0.4) is 0 Å². The minimum Gasteiger partial charge on any atom is -0.454 e. The second-order valence-corrected chi connectivity index (χ2v) is 7.17. The number of hydrogen-bond acceptors (Lipinski definition) is 3. The van der Waals surface area contributed by atoms with Crippen LogP contribution in [0.4, 0.5) is 14.9 Å². The number of benzene rings is 2. The molecule has 0 saturated carbocycles. The fraction of sp³-hybridized carbons (Fsp3) is 0.217. The van der Waals surface area contributed by atoms with Gasteiger partial charge < -0.3 is 20.0 Å². The molecule has 30 heavy (non-hydrogen) atoms. The van der Waals surface area contributed by atoms with Crippen LogP contribution in [0, 0.1) is 5.82 Å². The predicted molar refractivity (Wildman–Crippen MR) is 112 cm³/mol. The molecule has 6 nitrogen and oxygen atoms in total. The Bertz CT molecular complexity index is 984. The second kappa shape index (κ2) is 9.73. The van der Waals surface area contributed by atoms with Gasteiger partial charge in [-0.05, 0) is 55.8 Å². The maximum absolute atomic E-state index is 13.1. The smallest absolute Gasteiger partial charge is 0.322 e. The topological polar surface area (TPSA) is 74.6 Å². The van der Waals surface area contributed by atoms with Crippen molar-refractivity contribution in [2.75, 3.05) is 5.32 Å². The minimum absolute atomic E-state index is 0.0119. The van der Waals surface area contributed by atoms with Crippen molar-refractivity contribution in [3.8, 4) is 0 Å². The van der Waals surface area contributed by atoms with E-state index in [9.17, 15) is 14.0 Å². The lowest BCUT2D eigenvalue weighted by atomic mass is 10.2. The summed E-state index contributed by atoms with van der Waals surface area (Å²) in [6.45, 7) is 4.23. The molecule has 0 radical (unpaired) electrons. The summed E-state index contributed by atoms with van der Waals surface area (Å²) in [6, 6.07) is 18.0. The fourth-order valence-electron chi connectivity index (χ4n) is 2.85. The van der Waals surface area contributed by atoms with Gasteiger partial charge in [0.1, 0.15) is 11.6 Å². The molecule has 156 valence electrons. The SMILES string of the molecule is CC(C)NC(=O)c1ccc(CN(Cc2ccccc2)C(=O)Nc2ccc(F)cc2)o1. The summed E-state index contributed by atoms with van der Waals surface area (Å²) in [6.07, 6.45) is 0. The number of amides is 3. The molecule has 2 aromatic carbocycles. The quantitative estimate of drug-likeness (QED) is 0.589. The highest BCUT2D eigenvalue weighted by Crippen LogP contribution is 2.16. The molecule has 0 unspecified atom stereocenters. The molecule has 1 aromatic heterocycles. The molecular weight excluding hydrogens is 385 g/mol. The molecule has 1 heterocycles. The van der Waals surface area contributed by atoms with Gasteiger partial charge in [0.05, 0.1) is 6.54 Å². The van der Waals surface area contributed by atoms with Gasteiger partial charge in [0.25, 0.3) is 5.91 Å². The highest BCUT2D eigenvalue weighted by atomic mass is 19.1. The van der Waals surface area contributed by atoms with E-state index in [4.69, 9.17) is 4.42 Å². The van der Waals surface area contributed by atoms with Crippen molar-refractivity contribution >= 4 is 17.6 Å². The molecule has 7 heteroatoms. The third-order valence-electron chi connectivity index (χ3n) is 4.25. The standard InChI is InChI=1S/C23H24FN3O3/c1-16(2)25-22(28)21-13-12-20(30-21)15-27(14-17-6-4-3-5-7-17)23(29)26-19-10-8-18(24)9-11-19/h3-13,16H,14-15H2,1-2H3,(H,25,28)(H,26,29). The van der Waals surface area contributed by atoms with Gasteiger partial charge in [-0.25, -0.2) is 9.18 Å². The first-order valence-electron chi connectivity index (χ1n) is 9.65.